The summed E-state index contributed by atoms with van der Waals surface area (Å²) in [5, 5.41) is 11.7. The molecular weight excluding hydrogens is 296 g/mol. The Morgan fingerprint density at radius 1 is 0.917 bits per heavy atom. The van der Waals surface area contributed by atoms with Crippen LogP contribution in [0.4, 0.5) is 5.69 Å². The number of rotatable bonds is 1. The van der Waals surface area contributed by atoms with E-state index in [0.29, 0.717) is 0 Å². The van der Waals surface area contributed by atoms with Crippen LogP contribution >= 0.6 is 0 Å². The lowest BCUT2D eigenvalue weighted by Gasteiger charge is -2.43. The van der Waals surface area contributed by atoms with Crippen LogP contribution < -0.4 is 4.90 Å². The van der Waals surface area contributed by atoms with Gasteiger partial charge in [0.05, 0.1) is 5.60 Å². The minimum atomic E-state index is -0.677. The molecule has 1 N–H and O–H groups in total. The summed E-state index contributed by atoms with van der Waals surface area (Å²) in [7, 11) is 4.29. The maximum atomic E-state index is 11.7. The summed E-state index contributed by atoms with van der Waals surface area (Å²) in [6.07, 6.45) is 1.64. The van der Waals surface area contributed by atoms with Crippen molar-refractivity contribution in [2.45, 2.75) is 30.9 Å². The fraction of sp³-hybridized carbons (Fsp3) is 0.429. The normalized spacial score (nSPS) is 23.3. The fourth-order valence-corrected chi connectivity index (χ4v) is 4.42. The van der Waals surface area contributed by atoms with E-state index < -0.39 is 5.60 Å². The van der Waals surface area contributed by atoms with Crippen LogP contribution in [-0.2, 0) is 6.54 Å². The summed E-state index contributed by atoms with van der Waals surface area (Å²) in [6, 6.07) is 17.2. The van der Waals surface area contributed by atoms with Gasteiger partial charge in [0.25, 0.3) is 0 Å². The summed E-state index contributed by atoms with van der Waals surface area (Å²) < 4.78 is 0. The third-order valence-corrected chi connectivity index (χ3v) is 5.82. The molecule has 2 aliphatic heterocycles. The van der Waals surface area contributed by atoms with Gasteiger partial charge in [0.15, 0.2) is 0 Å². The molecule has 0 bridgehead atoms. The van der Waals surface area contributed by atoms with Crippen molar-refractivity contribution in [3.05, 3.63) is 65.2 Å². The molecule has 0 aliphatic carbocycles. The Kier molecular flexibility index (Phi) is 3.86. The highest BCUT2D eigenvalue weighted by Crippen LogP contribution is 2.47. The average molecular weight is 322 g/mol. The van der Waals surface area contributed by atoms with Crippen molar-refractivity contribution in [2.75, 3.05) is 32.1 Å². The maximum Gasteiger partial charge on any atom is 0.0781 e. The van der Waals surface area contributed by atoms with E-state index in [1.807, 2.05) is 0 Å². The molecule has 3 heteroatoms. The van der Waals surface area contributed by atoms with Gasteiger partial charge in [-0.15, -0.1) is 0 Å². The number of likely N-dealkylation sites (tertiary alicyclic amines) is 1. The number of fused-ring (bicyclic) bond motifs is 2. The van der Waals surface area contributed by atoms with Crippen LogP contribution in [0.25, 0.3) is 0 Å². The standard InChI is InChI=1S/C21H26N2O/c1-22-13-11-21(24,12-14-22)20-17-8-4-3-7-16(17)15-23(2)19-10-6-5-9-18(19)20/h3-10,20,24H,11-15H2,1-2H3. The molecule has 3 nitrogen and oxygen atoms in total. The lowest BCUT2D eigenvalue weighted by atomic mass is 9.71. The second-order valence-corrected chi connectivity index (χ2v) is 7.45. The highest BCUT2D eigenvalue weighted by Gasteiger charge is 2.43. The topological polar surface area (TPSA) is 26.7 Å². The van der Waals surface area contributed by atoms with Crippen molar-refractivity contribution in [3.63, 3.8) is 0 Å². The highest BCUT2D eigenvalue weighted by molar-refractivity contribution is 5.61. The van der Waals surface area contributed by atoms with Gasteiger partial charge in [0.1, 0.15) is 0 Å². The maximum absolute atomic E-state index is 11.7. The minimum Gasteiger partial charge on any atom is -0.389 e. The molecule has 126 valence electrons. The molecule has 0 aromatic heterocycles. The van der Waals surface area contributed by atoms with Gasteiger partial charge in [0.2, 0.25) is 0 Å². The zero-order valence-corrected chi connectivity index (χ0v) is 14.6. The van der Waals surface area contributed by atoms with Crippen molar-refractivity contribution in [2.24, 2.45) is 0 Å². The first-order valence-electron chi connectivity index (χ1n) is 8.87. The van der Waals surface area contributed by atoms with Crippen molar-refractivity contribution >= 4 is 5.69 Å². The van der Waals surface area contributed by atoms with Gasteiger partial charge in [0, 0.05) is 38.3 Å². The molecule has 2 aliphatic rings. The van der Waals surface area contributed by atoms with Gasteiger partial charge < -0.3 is 14.9 Å². The zero-order chi connectivity index (χ0) is 16.7. The summed E-state index contributed by atoms with van der Waals surface area (Å²) in [5.74, 6) is 0.0450. The predicted molar refractivity (Wildman–Crippen MR) is 98.5 cm³/mol. The molecule has 1 unspecified atom stereocenters. The molecule has 2 aromatic rings. The van der Waals surface area contributed by atoms with E-state index in [0.717, 1.165) is 32.5 Å². The summed E-state index contributed by atoms with van der Waals surface area (Å²) in [4.78, 5) is 4.63. The first-order chi connectivity index (χ1) is 11.6. The lowest BCUT2D eigenvalue weighted by molar-refractivity contribution is -0.0287. The second kappa shape index (κ2) is 5.91. The van der Waals surface area contributed by atoms with Crippen LogP contribution in [0.15, 0.2) is 48.5 Å². The molecule has 0 radical (unpaired) electrons. The molecule has 0 saturated carbocycles. The highest BCUT2D eigenvalue weighted by atomic mass is 16.3. The van der Waals surface area contributed by atoms with Crippen LogP contribution in [0.2, 0.25) is 0 Å². The van der Waals surface area contributed by atoms with E-state index in [1.54, 1.807) is 0 Å². The predicted octanol–water partition coefficient (Wildman–Crippen LogP) is 3.23. The van der Waals surface area contributed by atoms with Gasteiger partial charge in [-0.1, -0.05) is 42.5 Å². The minimum absolute atomic E-state index is 0.0450. The van der Waals surface area contributed by atoms with E-state index in [-0.39, 0.29) is 5.92 Å². The molecule has 1 fully saturated rings. The summed E-state index contributed by atoms with van der Waals surface area (Å²) in [5.41, 5.74) is 4.45. The van der Waals surface area contributed by atoms with Crippen molar-refractivity contribution in [1.82, 2.24) is 4.90 Å². The van der Waals surface area contributed by atoms with Crippen LogP contribution in [0.1, 0.15) is 35.4 Å². The number of hydrogen-bond donors (Lipinski definition) is 1. The van der Waals surface area contributed by atoms with E-state index in [9.17, 15) is 5.11 Å². The number of para-hydroxylation sites is 1. The van der Waals surface area contributed by atoms with E-state index in [1.165, 1.54) is 22.4 Å². The molecular formula is C21H26N2O. The first kappa shape index (κ1) is 15.7. The van der Waals surface area contributed by atoms with Gasteiger partial charge >= 0.3 is 0 Å². The van der Waals surface area contributed by atoms with Crippen molar-refractivity contribution in [3.8, 4) is 0 Å². The van der Waals surface area contributed by atoms with Crippen LogP contribution in [0, 0.1) is 0 Å². The van der Waals surface area contributed by atoms with Gasteiger partial charge in [-0.05, 0) is 42.6 Å². The SMILES string of the molecule is CN1CCC(O)(C2c3ccccc3CN(C)c3ccccc32)CC1. The molecule has 2 aromatic carbocycles. The lowest BCUT2D eigenvalue weighted by Crippen LogP contribution is -2.47. The van der Waals surface area contributed by atoms with Gasteiger partial charge in [-0.2, -0.15) is 0 Å². The summed E-state index contributed by atoms with van der Waals surface area (Å²) in [6.45, 7) is 2.79. The van der Waals surface area contributed by atoms with Crippen molar-refractivity contribution in [1.29, 1.82) is 0 Å². The van der Waals surface area contributed by atoms with Gasteiger partial charge in [-0.25, -0.2) is 0 Å². The number of aliphatic hydroxyl groups is 1. The smallest absolute Gasteiger partial charge is 0.0781 e. The molecule has 0 spiro atoms. The van der Waals surface area contributed by atoms with E-state index >= 15 is 0 Å². The Labute approximate surface area is 144 Å². The Hall–Kier alpha value is -1.84. The van der Waals surface area contributed by atoms with Crippen LogP contribution in [-0.4, -0.2) is 42.8 Å². The van der Waals surface area contributed by atoms with Crippen molar-refractivity contribution < 1.29 is 5.11 Å². The quantitative estimate of drug-likeness (QED) is 0.873. The monoisotopic (exact) mass is 322 g/mol. The van der Waals surface area contributed by atoms with Crippen LogP contribution in [0.3, 0.4) is 0 Å². The third-order valence-electron chi connectivity index (χ3n) is 5.82. The van der Waals surface area contributed by atoms with E-state index in [4.69, 9.17) is 0 Å². The first-order valence-corrected chi connectivity index (χ1v) is 8.87. The van der Waals surface area contributed by atoms with Crippen LogP contribution in [0.5, 0.6) is 0 Å². The Balaban J connectivity index is 1.90. The molecule has 4 rings (SSSR count). The number of nitrogens with zero attached hydrogens (tertiary/aromatic N) is 2. The van der Waals surface area contributed by atoms with E-state index in [2.05, 4.69) is 72.4 Å². The Morgan fingerprint density at radius 2 is 1.54 bits per heavy atom. The Bertz CT molecular complexity index is 734. The molecule has 0 amide bonds. The molecule has 1 atom stereocenters. The average Bonchev–Trinajstić information content (AvgIpc) is 2.72. The summed E-state index contributed by atoms with van der Waals surface area (Å²) >= 11 is 0. The number of benzene rings is 2. The fourth-order valence-electron chi connectivity index (χ4n) is 4.42. The molecule has 2 heterocycles. The third kappa shape index (κ3) is 2.52. The Morgan fingerprint density at radius 3 is 2.29 bits per heavy atom. The number of piperidine rings is 1. The van der Waals surface area contributed by atoms with Gasteiger partial charge in [-0.3, -0.25) is 0 Å². The largest absolute Gasteiger partial charge is 0.389 e. The zero-order valence-electron chi connectivity index (χ0n) is 14.6. The number of anilines is 1. The molecule has 24 heavy (non-hydrogen) atoms. The molecule has 1 saturated heterocycles. The number of hydrogen-bond acceptors (Lipinski definition) is 3. The second-order valence-electron chi connectivity index (χ2n) is 7.45.